The molecule has 0 radical (unpaired) electrons. The summed E-state index contributed by atoms with van der Waals surface area (Å²) >= 11 is 7.63. The van der Waals surface area contributed by atoms with E-state index in [2.05, 4.69) is 5.32 Å². The summed E-state index contributed by atoms with van der Waals surface area (Å²) in [6, 6.07) is 8.02. The first-order chi connectivity index (χ1) is 10.7. The van der Waals surface area contributed by atoms with Crippen LogP contribution in [0.15, 0.2) is 35.2 Å². The highest BCUT2D eigenvalue weighted by molar-refractivity contribution is 7.89. The molecule has 1 aromatic heterocycles. The summed E-state index contributed by atoms with van der Waals surface area (Å²) in [6.45, 7) is 2.36. The second-order valence-electron chi connectivity index (χ2n) is 5.12. The van der Waals surface area contributed by atoms with E-state index in [0.717, 1.165) is 14.1 Å². The Morgan fingerprint density at radius 3 is 2.52 bits per heavy atom. The molecule has 0 saturated heterocycles. The molecular weight excluding hydrogens is 356 g/mol. The lowest BCUT2D eigenvalue weighted by atomic mass is 10.2. The molecule has 1 heterocycles. The highest BCUT2D eigenvalue weighted by atomic mass is 35.5. The Morgan fingerprint density at radius 2 is 1.96 bits per heavy atom. The molecule has 8 heteroatoms. The van der Waals surface area contributed by atoms with Crippen molar-refractivity contribution in [2.75, 3.05) is 14.1 Å². The third-order valence-corrected chi connectivity index (χ3v) is 6.32. The summed E-state index contributed by atoms with van der Waals surface area (Å²) in [6.07, 6.45) is 0. The van der Waals surface area contributed by atoms with Crippen molar-refractivity contribution < 1.29 is 13.2 Å². The number of benzene rings is 1. The molecule has 1 aromatic carbocycles. The van der Waals surface area contributed by atoms with Gasteiger partial charge in [-0.25, -0.2) is 12.7 Å². The third kappa shape index (κ3) is 4.11. The summed E-state index contributed by atoms with van der Waals surface area (Å²) in [5.41, 5.74) is 0.142. The topological polar surface area (TPSA) is 66.5 Å². The van der Waals surface area contributed by atoms with E-state index < -0.39 is 15.9 Å². The van der Waals surface area contributed by atoms with E-state index in [4.69, 9.17) is 11.6 Å². The summed E-state index contributed by atoms with van der Waals surface area (Å²) in [4.78, 5) is 14.5. The lowest BCUT2D eigenvalue weighted by molar-refractivity contribution is 0.0951. The van der Waals surface area contributed by atoms with Gasteiger partial charge < -0.3 is 5.32 Å². The van der Waals surface area contributed by atoms with Gasteiger partial charge in [0, 0.05) is 23.8 Å². The quantitative estimate of drug-likeness (QED) is 0.877. The molecule has 0 saturated carbocycles. The predicted molar refractivity (Wildman–Crippen MR) is 92.6 cm³/mol. The van der Waals surface area contributed by atoms with Gasteiger partial charge in [-0.2, -0.15) is 0 Å². The fourth-order valence-corrected chi connectivity index (χ4v) is 3.85. The van der Waals surface area contributed by atoms with Crippen molar-refractivity contribution in [1.29, 1.82) is 0 Å². The lowest BCUT2D eigenvalue weighted by Gasteiger charge is -2.13. The predicted octanol–water partition coefficient (Wildman–Crippen LogP) is 2.89. The van der Waals surface area contributed by atoms with Gasteiger partial charge >= 0.3 is 0 Å². The second kappa shape index (κ2) is 7.00. The van der Waals surface area contributed by atoms with Crippen LogP contribution in [0.5, 0.6) is 0 Å². The van der Waals surface area contributed by atoms with Gasteiger partial charge in [0.1, 0.15) is 0 Å². The van der Waals surface area contributed by atoms with Crippen LogP contribution in [0, 0.1) is 6.92 Å². The molecule has 0 unspecified atom stereocenters. The van der Waals surface area contributed by atoms with E-state index in [1.165, 1.54) is 32.3 Å². The van der Waals surface area contributed by atoms with Gasteiger partial charge in [0.15, 0.2) is 0 Å². The van der Waals surface area contributed by atoms with Crippen LogP contribution in [0.3, 0.4) is 0 Å². The lowest BCUT2D eigenvalue weighted by Crippen LogP contribution is -2.25. The molecule has 0 atom stereocenters. The van der Waals surface area contributed by atoms with Crippen molar-refractivity contribution in [2.45, 2.75) is 18.4 Å². The van der Waals surface area contributed by atoms with Crippen molar-refractivity contribution in [3.63, 3.8) is 0 Å². The summed E-state index contributed by atoms with van der Waals surface area (Å²) in [5.74, 6) is -0.406. The minimum Gasteiger partial charge on any atom is -0.347 e. The molecule has 124 valence electrons. The zero-order chi connectivity index (χ0) is 17.2. The number of hydrogen-bond donors (Lipinski definition) is 1. The number of hydrogen-bond acceptors (Lipinski definition) is 4. The van der Waals surface area contributed by atoms with E-state index in [-0.39, 0.29) is 15.5 Å². The maximum absolute atomic E-state index is 12.3. The van der Waals surface area contributed by atoms with Crippen LogP contribution in [0.4, 0.5) is 0 Å². The van der Waals surface area contributed by atoms with Gasteiger partial charge in [0.2, 0.25) is 10.0 Å². The maximum atomic E-state index is 12.3. The van der Waals surface area contributed by atoms with Crippen LogP contribution >= 0.6 is 22.9 Å². The average Bonchev–Trinajstić information content (AvgIpc) is 2.90. The molecule has 5 nitrogen and oxygen atoms in total. The van der Waals surface area contributed by atoms with E-state index in [1.807, 2.05) is 19.1 Å². The van der Waals surface area contributed by atoms with Crippen LogP contribution in [-0.4, -0.2) is 32.7 Å². The number of rotatable bonds is 5. The van der Waals surface area contributed by atoms with Gasteiger partial charge in [0.25, 0.3) is 5.91 Å². The number of amides is 1. The van der Waals surface area contributed by atoms with Crippen LogP contribution in [0.25, 0.3) is 0 Å². The Hall–Kier alpha value is -1.41. The minimum atomic E-state index is -3.62. The Bertz CT molecular complexity index is 829. The molecule has 23 heavy (non-hydrogen) atoms. The van der Waals surface area contributed by atoms with Crippen molar-refractivity contribution in [1.82, 2.24) is 9.62 Å². The molecular formula is C15H17ClN2O3S2. The van der Waals surface area contributed by atoms with Crippen LogP contribution < -0.4 is 5.32 Å². The average molecular weight is 373 g/mol. The van der Waals surface area contributed by atoms with E-state index in [1.54, 1.807) is 11.3 Å². The van der Waals surface area contributed by atoms with Gasteiger partial charge in [-0.1, -0.05) is 11.6 Å². The monoisotopic (exact) mass is 372 g/mol. The fraction of sp³-hybridized carbons (Fsp3) is 0.267. The summed E-state index contributed by atoms with van der Waals surface area (Å²) in [5, 5.41) is 2.97. The zero-order valence-corrected chi connectivity index (χ0v) is 15.3. The summed E-state index contributed by atoms with van der Waals surface area (Å²) in [7, 11) is -0.750. The fourth-order valence-electron chi connectivity index (χ4n) is 1.89. The Kier molecular flexibility index (Phi) is 5.46. The molecule has 0 aliphatic heterocycles. The zero-order valence-electron chi connectivity index (χ0n) is 13.0. The number of carbonyl (C=O) groups is 1. The first kappa shape index (κ1) is 17.9. The number of aryl methyl sites for hydroxylation is 1. The smallest absolute Gasteiger partial charge is 0.253 e. The highest BCUT2D eigenvalue weighted by Gasteiger charge is 2.20. The maximum Gasteiger partial charge on any atom is 0.253 e. The Labute approximate surface area is 144 Å². The molecule has 1 amide bonds. The first-order valence-corrected chi connectivity index (χ1v) is 9.41. The molecule has 0 aliphatic rings. The molecule has 0 bridgehead atoms. The van der Waals surface area contributed by atoms with E-state index >= 15 is 0 Å². The normalized spacial score (nSPS) is 11.7. The number of halogens is 1. The van der Waals surface area contributed by atoms with Gasteiger partial charge in [-0.05, 0) is 37.3 Å². The Morgan fingerprint density at radius 1 is 1.26 bits per heavy atom. The number of nitrogens with one attached hydrogen (secondary N) is 1. The highest BCUT2D eigenvalue weighted by Crippen LogP contribution is 2.22. The second-order valence-corrected chi connectivity index (χ2v) is 9.06. The van der Waals surface area contributed by atoms with Crippen LogP contribution in [-0.2, 0) is 16.6 Å². The van der Waals surface area contributed by atoms with E-state index in [9.17, 15) is 13.2 Å². The van der Waals surface area contributed by atoms with E-state index in [0.29, 0.717) is 6.54 Å². The minimum absolute atomic E-state index is 0.0315. The van der Waals surface area contributed by atoms with Crippen molar-refractivity contribution in [3.8, 4) is 0 Å². The van der Waals surface area contributed by atoms with Crippen LogP contribution in [0.2, 0.25) is 5.02 Å². The first-order valence-electron chi connectivity index (χ1n) is 6.77. The number of carbonyl (C=O) groups excluding carboxylic acids is 1. The largest absolute Gasteiger partial charge is 0.347 e. The standard InChI is InChI=1S/C15H17ClN2O3S2/c1-10-4-5-11(22-10)9-17-15(19)13-8-12(6-7-14(13)16)23(20,21)18(2)3/h4-8H,9H2,1-3H3,(H,17,19). The van der Waals surface area contributed by atoms with Gasteiger partial charge in [-0.15, -0.1) is 11.3 Å². The summed E-state index contributed by atoms with van der Waals surface area (Å²) < 4.78 is 25.4. The van der Waals surface area contributed by atoms with Crippen LogP contribution in [0.1, 0.15) is 20.1 Å². The molecule has 0 fully saturated rings. The molecule has 0 spiro atoms. The SMILES string of the molecule is Cc1ccc(CNC(=O)c2cc(S(=O)(=O)N(C)C)ccc2Cl)s1. The van der Waals surface area contributed by atoms with Crippen molar-refractivity contribution in [3.05, 3.63) is 50.7 Å². The number of nitrogens with zero attached hydrogens (tertiary/aromatic N) is 1. The molecule has 1 N–H and O–H groups in total. The van der Waals surface area contributed by atoms with Gasteiger partial charge in [-0.3, -0.25) is 4.79 Å². The van der Waals surface area contributed by atoms with Gasteiger partial charge in [0.05, 0.1) is 22.0 Å². The van der Waals surface area contributed by atoms with Crippen molar-refractivity contribution in [2.24, 2.45) is 0 Å². The molecule has 0 aliphatic carbocycles. The Balaban J connectivity index is 2.23. The third-order valence-electron chi connectivity index (χ3n) is 3.18. The molecule has 2 aromatic rings. The number of sulfonamides is 1. The number of thiophene rings is 1. The molecule has 2 rings (SSSR count). The van der Waals surface area contributed by atoms with Crippen molar-refractivity contribution >= 4 is 38.9 Å².